The third-order valence-corrected chi connectivity index (χ3v) is 4.20. The lowest BCUT2D eigenvalue weighted by atomic mass is 9.96. The first-order valence-corrected chi connectivity index (χ1v) is 8.75. The van der Waals surface area contributed by atoms with Crippen LogP contribution >= 0.6 is 0 Å². The number of carbonyl (C=O) groups is 1. The van der Waals surface area contributed by atoms with Gasteiger partial charge in [-0.2, -0.15) is 0 Å². The predicted octanol–water partition coefficient (Wildman–Crippen LogP) is 4.64. The van der Waals surface area contributed by atoms with E-state index in [0.29, 0.717) is 6.61 Å². The number of carboxylic acid groups (broad SMARTS) is 1. The number of benzene rings is 2. The second kappa shape index (κ2) is 8.77. The van der Waals surface area contributed by atoms with Gasteiger partial charge in [0.15, 0.2) is 0 Å². The van der Waals surface area contributed by atoms with Crippen molar-refractivity contribution in [3.8, 4) is 23.3 Å². The van der Waals surface area contributed by atoms with Crippen LogP contribution in [0.3, 0.4) is 0 Å². The largest absolute Gasteiger partial charge is 0.489 e. The second-order valence-corrected chi connectivity index (χ2v) is 6.16. The molecule has 1 heterocycles. The van der Waals surface area contributed by atoms with Crippen molar-refractivity contribution >= 4 is 5.97 Å². The van der Waals surface area contributed by atoms with E-state index in [1.54, 1.807) is 6.92 Å². The Labute approximate surface area is 159 Å². The molecule has 1 N–H and O–H groups in total. The molecule has 136 valence electrons. The van der Waals surface area contributed by atoms with Crippen LogP contribution in [-0.2, 0) is 11.4 Å². The highest BCUT2D eigenvalue weighted by molar-refractivity contribution is 5.69. The van der Waals surface area contributed by atoms with Crippen LogP contribution in [-0.4, -0.2) is 15.6 Å². The van der Waals surface area contributed by atoms with Crippen molar-refractivity contribution in [3.63, 3.8) is 0 Å². The number of hydrogen-bond donors (Lipinski definition) is 1. The topological polar surface area (TPSA) is 51.5 Å². The van der Waals surface area contributed by atoms with Crippen LogP contribution in [0.4, 0.5) is 0 Å². The number of rotatable bonds is 7. The Hall–Kier alpha value is -3.45. The molecule has 0 aliphatic carbocycles. The van der Waals surface area contributed by atoms with Gasteiger partial charge in [0.1, 0.15) is 12.4 Å². The zero-order valence-electron chi connectivity index (χ0n) is 15.1. The van der Waals surface area contributed by atoms with Crippen LogP contribution in [0.15, 0.2) is 73.1 Å². The molecule has 0 aliphatic heterocycles. The van der Waals surface area contributed by atoms with Gasteiger partial charge in [0.25, 0.3) is 0 Å². The summed E-state index contributed by atoms with van der Waals surface area (Å²) in [6.45, 7) is 2.18. The Bertz CT molecular complexity index is 947. The highest BCUT2D eigenvalue weighted by atomic mass is 16.5. The van der Waals surface area contributed by atoms with Gasteiger partial charge in [0.2, 0.25) is 0 Å². The maximum absolute atomic E-state index is 11.0. The lowest BCUT2D eigenvalue weighted by Crippen LogP contribution is -2.04. The van der Waals surface area contributed by atoms with Gasteiger partial charge in [-0.3, -0.25) is 4.79 Å². The van der Waals surface area contributed by atoms with Crippen molar-refractivity contribution in [3.05, 3.63) is 84.2 Å². The first-order valence-electron chi connectivity index (χ1n) is 8.75. The van der Waals surface area contributed by atoms with Crippen molar-refractivity contribution < 1.29 is 14.6 Å². The quantitative estimate of drug-likeness (QED) is 0.625. The minimum atomic E-state index is -0.856. The number of nitrogens with zero attached hydrogens (tertiary/aromatic N) is 1. The highest BCUT2D eigenvalue weighted by Crippen LogP contribution is 2.23. The van der Waals surface area contributed by atoms with Gasteiger partial charge >= 0.3 is 5.97 Å². The monoisotopic (exact) mass is 359 g/mol. The number of hydrogen-bond acceptors (Lipinski definition) is 2. The van der Waals surface area contributed by atoms with Crippen LogP contribution in [0.25, 0.3) is 5.69 Å². The minimum absolute atomic E-state index is 0.00672. The first kappa shape index (κ1) is 18.3. The van der Waals surface area contributed by atoms with E-state index < -0.39 is 5.97 Å². The summed E-state index contributed by atoms with van der Waals surface area (Å²) in [5.74, 6) is 5.33. The number of aromatic nitrogens is 1. The van der Waals surface area contributed by atoms with E-state index in [1.807, 2.05) is 60.9 Å². The smallest absolute Gasteiger partial charge is 0.304 e. The lowest BCUT2D eigenvalue weighted by molar-refractivity contribution is -0.137. The molecule has 3 rings (SSSR count). The van der Waals surface area contributed by atoms with Gasteiger partial charge in [0, 0.05) is 18.1 Å². The third-order valence-electron chi connectivity index (χ3n) is 4.20. The molecule has 0 spiro atoms. The van der Waals surface area contributed by atoms with Crippen molar-refractivity contribution in [2.75, 3.05) is 0 Å². The van der Waals surface area contributed by atoms with E-state index in [9.17, 15) is 4.79 Å². The molecule has 4 heteroatoms. The molecule has 0 bridgehead atoms. The standard InChI is InChI=1S/C23H21NO3/c1-2-6-20(16-23(25)26)19-9-11-22(12-10-19)27-17-18-7-5-8-21(15-18)24-13-3-4-14-24/h3-5,7-15,20H,16-17H2,1H3,(H,25,26). The summed E-state index contributed by atoms with van der Waals surface area (Å²) >= 11 is 0. The van der Waals surface area contributed by atoms with Crippen molar-refractivity contribution in [2.24, 2.45) is 0 Å². The van der Waals surface area contributed by atoms with E-state index in [0.717, 1.165) is 22.6 Å². The zero-order valence-corrected chi connectivity index (χ0v) is 15.1. The van der Waals surface area contributed by atoms with Gasteiger partial charge in [-0.1, -0.05) is 30.2 Å². The third kappa shape index (κ3) is 5.02. The van der Waals surface area contributed by atoms with Gasteiger partial charge in [-0.05, 0) is 54.4 Å². The fourth-order valence-electron chi connectivity index (χ4n) is 2.88. The molecule has 0 saturated heterocycles. The normalized spacial score (nSPS) is 11.3. The van der Waals surface area contributed by atoms with E-state index >= 15 is 0 Å². The average Bonchev–Trinajstić information content (AvgIpc) is 3.21. The Balaban J connectivity index is 1.66. The summed E-state index contributed by atoms with van der Waals surface area (Å²) in [7, 11) is 0. The summed E-state index contributed by atoms with van der Waals surface area (Å²) in [4.78, 5) is 11.0. The molecule has 4 nitrogen and oxygen atoms in total. The average molecular weight is 359 g/mol. The van der Waals surface area contributed by atoms with Crippen molar-refractivity contribution in [2.45, 2.75) is 25.9 Å². The molecule has 27 heavy (non-hydrogen) atoms. The highest BCUT2D eigenvalue weighted by Gasteiger charge is 2.13. The molecular formula is C23H21NO3. The van der Waals surface area contributed by atoms with Crippen LogP contribution < -0.4 is 4.74 Å². The summed E-state index contributed by atoms with van der Waals surface area (Å²) < 4.78 is 7.93. The van der Waals surface area contributed by atoms with Gasteiger partial charge in [-0.15, -0.1) is 5.92 Å². The van der Waals surface area contributed by atoms with Crippen LogP contribution in [0, 0.1) is 11.8 Å². The Morgan fingerprint density at radius 2 is 1.85 bits per heavy atom. The Morgan fingerprint density at radius 3 is 2.52 bits per heavy atom. The lowest BCUT2D eigenvalue weighted by Gasteiger charge is -2.11. The van der Waals surface area contributed by atoms with Gasteiger partial charge in [-0.25, -0.2) is 0 Å². The van der Waals surface area contributed by atoms with E-state index in [2.05, 4.69) is 28.5 Å². The fraction of sp³-hybridized carbons (Fsp3) is 0.174. The molecular weight excluding hydrogens is 338 g/mol. The number of ether oxygens (including phenoxy) is 1. The molecule has 1 aromatic heterocycles. The molecule has 0 radical (unpaired) electrons. The molecule has 0 amide bonds. The summed E-state index contributed by atoms with van der Waals surface area (Å²) in [5.41, 5.74) is 3.05. The van der Waals surface area contributed by atoms with Crippen LogP contribution in [0.5, 0.6) is 5.75 Å². The molecule has 1 atom stereocenters. The van der Waals surface area contributed by atoms with E-state index in [-0.39, 0.29) is 12.3 Å². The molecule has 0 fully saturated rings. The Morgan fingerprint density at radius 1 is 1.11 bits per heavy atom. The van der Waals surface area contributed by atoms with Gasteiger partial charge in [0.05, 0.1) is 12.3 Å². The predicted molar refractivity (Wildman–Crippen MR) is 105 cm³/mol. The number of aliphatic carboxylic acids is 1. The maximum atomic E-state index is 11.0. The zero-order chi connectivity index (χ0) is 19.1. The minimum Gasteiger partial charge on any atom is -0.489 e. The summed E-state index contributed by atoms with van der Waals surface area (Å²) in [6.07, 6.45) is 4.00. The Kier molecular flexibility index (Phi) is 5.96. The maximum Gasteiger partial charge on any atom is 0.304 e. The van der Waals surface area contributed by atoms with Crippen LogP contribution in [0.2, 0.25) is 0 Å². The molecule has 3 aromatic rings. The second-order valence-electron chi connectivity index (χ2n) is 6.16. The first-order chi connectivity index (χ1) is 13.2. The SMILES string of the molecule is CC#CC(CC(=O)O)c1ccc(OCc2cccc(-n3cccc3)c2)cc1. The molecule has 2 aromatic carbocycles. The van der Waals surface area contributed by atoms with Crippen molar-refractivity contribution in [1.29, 1.82) is 0 Å². The van der Waals surface area contributed by atoms with E-state index in [4.69, 9.17) is 9.84 Å². The van der Waals surface area contributed by atoms with Crippen molar-refractivity contribution in [1.82, 2.24) is 4.57 Å². The molecule has 0 saturated carbocycles. The fourth-order valence-corrected chi connectivity index (χ4v) is 2.88. The van der Waals surface area contributed by atoms with Crippen LogP contribution in [0.1, 0.15) is 30.4 Å². The molecule has 0 aliphatic rings. The van der Waals surface area contributed by atoms with Gasteiger partial charge < -0.3 is 14.4 Å². The number of carboxylic acids is 1. The molecule has 1 unspecified atom stereocenters. The van der Waals surface area contributed by atoms with E-state index in [1.165, 1.54) is 0 Å². The summed E-state index contributed by atoms with van der Waals surface area (Å²) in [5, 5.41) is 9.03. The summed E-state index contributed by atoms with van der Waals surface area (Å²) in [6, 6.07) is 19.6.